The molecule has 2 rings (SSSR count). The van der Waals surface area contributed by atoms with Crippen molar-refractivity contribution in [2.75, 3.05) is 18.0 Å². The fourth-order valence-electron chi connectivity index (χ4n) is 2.15. The van der Waals surface area contributed by atoms with Crippen molar-refractivity contribution in [2.24, 2.45) is 0 Å². The highest BCUT2D eigenvalue weighted by Gasteiger charge is 2.32. The Balaban J connectivity index is 2.25. The molecule has 0 aromatic carbocycles. The summed E-state index contributed by atoms with van der Waals surface area (Å²) in [6.07, 6.45) is 3.68. The van der Waals surface area contributed by atoms with E-state index in [0.717, 1.165) is 22.5 Å². The maximum atomic E-state index is 5.88. The number of aromatic nitrogens is 2. The van der Waals surface area contributed by atoms with Gasteiger partial charge in [-0.05, 0) is 43.4 Å². The Morgan fingerprint density at radius 1 is 1.56 bits per heavy atom. The van der Waals surface area contributed by atoms with Crippen LogP contribution in [0.1, 0.15) is 20.8 Å². The first kappa shape index (κ1) is 12.0. The second kappa shape index (κ2) is 4.44. The van der Waals surface area contributed by atoms with E-state index in [-0.39, 0.29) is 11.7 Å². The first-order valence-electron chi connectivity index (χ1n) is 5.36. The van der Waals surface area contributed by atoms with Gasteiger partial charge < -0.3 is 9.64 Å². The number of morpholine rings is 1. The number of hydrogen-bond acceptors (Lipinski definition) is 4. The van der Waals surface area contributed by atoms with Crippen molar-refractivity contribution in [3.63, 3.8) is 0 Å². The highest BCUT2D eigenvalue weighted by atomic mass is 127. The van der Waals surface area contributed by atoms with Crippen LogP contribution in [-0.4, -0.2) is 34.8 Å². The second-order valence-electron chi connectivity index (χ2n) is 4.76. The summed E-state index contributed by atoms with van der Waals surface area (Å²) in [6.45, 7) is 8.08. The smallest absolute Gasteiger partial charge is 0.145 e. The van der Waals surface area contributed by atoms with Gasteiger partial charge in [-0.2, -0.15) is 0 Å². The molecule has 1 aromatic rings. The van der Waals surface area contributed by atoms with Gasteiger partial charge in [0.1, 0.15) is 12.1 Å². The zero-order valence-electron chi connectivity index (χ0n) is 9.77. The van der Waals surface area contributed by atoms with Crippen LogP contribution >= 0.6 is 22.6 Å². The monoisotopic (exact) mass is 333 g/mol. The maximum Gasteiger partial charge on any atom is 0.145 e. The van der Waals surface area contributed by atoms with Gasteiger partial charge in [-0.3, -0.25) is 0 Å². The molecule has 0 radical (unpaired) electrons. The number of ether oxygens (including phenoxy) is 1. The van der Waals surface area contributed by atoms with Gasteiger partial charge in [-0.15, -0.1) is 0 Å². The molecule has 1 atom stereocenters. The zero-order chi connectivity index (χ0) is 11.8. The lowest BCUT2D eigenvalue weighted by Crippen LogP contribution is -2.52. The number of hydrogen-bond donors (Lipinski definition) is 0. The Kier molecular flexibility index (Phi) is 3.34. The molecule has 5 heteroatoms. The number of anilines is 1. The summed E-state index contributed by atoms with van der Waals surface area (Å²) in [5.41, 5.74) is -0.119. The van der Waals surface area contributed by atoms with E-state index in [9.17, 15) is 0 Å². The summed E-state index contributed by atoms with van der Waals surface area (Å²) >= 11 is 2.27. The maximum absolute atomic E-state index is 5.88. The molecule has 2 heterocycles. The van der Waals surface area contributed by atoms with Gasteiger partial charge in [0.2, 0.25) is 0 Å². The van der Waals surface area contributed by atoms with Gasteiger partial charge in [0.15, 0.2) is 0 Å². The SMILES string of the molecule is C[C@H]1CN(c2ncncc2I)CC(C)(C)O1. The normalized spacial score (nSPS) is 24.5. The molecular weight excluding hydrogens is 317 g/mol. The van der Waals surface area contributed by atoms with Crippen LogP contribution in [0.2, 0.25) is 0 Å². The predicted molar refractivity (Wildman–Crippen MR) is 71.6 cm³/mol. The van der Waals surface area contributed by atoms with Gasteiger partial charge in [-0.1, -0.05) is 0 Å². The Hall–Kier alpha value is -0.430. The third-order valence-electron chi connectivity index (χ3n) is 2.52. The Bertz CT molecular complexity index is 383. The van der Waals surface area contributed by atoms with Crippen LogP contribution in [0.4, 0.5) is 5.82 Å². The van der Waals surface area contributed by atoms with E-state index < -0.39 is 0 Å². The summed E-state index contributed by atoms with van der Waals surface area (Å²) in [4.78, 5) is 10.6. The minimum absolute atomic E-state index is 0.119. The van der Waals surface area contributed by atoms with Crippen molar-refractivity contribution in [3.05, 3.63) is 16.1 Å². The lowest BCUT2D eigenvalue weighted by Gasteiger charge is -2.42. The molecule has 0 aliphatic carbocycles. The van der Waals surface area contributed by atoms with Crippen molar-refractivity contribution in [3.8, 4) is 0 Å². The summed E-state index contributed by atoms with van der Waals surface area (Å²) in [5, 5.41) is 0. The van der Waals surface area contributed by atoms with E-state index in [1.807, 2.05) is 6.20 Å². The van der Waals surface area contributed by atoms with Crippen molar-refractivity contribution in [2.45, 2.75) is 32.5 Å². The molecule has 88 valence electrons. The lowest BCUT2D eigenvalue weighted by atomic mass is 10.1. The molecule has 0 N–H and O–H groups in total. The first-order chi connectivity index (χ1) is 7.48. The van der Waals surface area contributed by atoms with Crippen LogP contribution in [0.25, 0.3) is 0 Å². The number of halogens is 1. The predicted octanol–water partition coefficient (Wildman–Crippen LogP) is 2.08. The molecule has 16 heavy (non-hydrogen) atoms. The summed E-state index contributed by atoms with van der Waals surface area (Å²) in [5.74, 6) is 1.01. The molecule has 4 nitrogen and oxygen atoms in total. The van der Waals surface area contributed by atoms with Crippen LogP contribution < -0.4 is 4.90 Å². The largest absolute Gasteiger partial charge is 0.369 e. The quantitative estimate of drug-likeness (QED) is 0.738. The van der Waals surface area contributed by atoms with Crippen molar-refractivity contribution in [1.82, 2.24) is 9.97 Å². The average Bonchev–Trinajstić information content (AvgIpc) is 2.15. The molecule has 1 aliphatic rings. The highest BCUT2D eigenvalue weighted by Crippen LogP contribution is 2.26. The van der Waals surface area contributed by atoms with Gasteiger partial charge in [0.05, 0.1) is 15.3 Å². The third-order valence-corrected chi connectivity index (χ3v) is 3.28. The van der Waals surface area contributed by atoms with Gasteiger partial charge in [0.25, 0.3) is 0 Å². The van der Waals surface area contributed by atoms with Crippen LogP contribution in [0.5, 0.6) is 0 Å². The summed E-state index contributed by atoms with van der Waals surface area (Å²) < 4.78 is 6.97. The van der Waals surface area contributed by atoms with E-state index >= 15 is 0 Å². The molecule has 0 spiro atoms. The Labute approximate surface area is 110 Å². The Morgan fingerprint density at radius 2 is 2.31 bits per heavy atom. The summed E-state index contributed by atoms with van der Waals surface area (Å²) in [6, 6.07) is 0. The Morgan fingerprint density at radius 3 is 2.94 bits per heavy atom. The van der Waals surface area contributed by atoms with E-state index in [4.69, 9.17) is 4.74 Å². The zero-order valence-corrected chi connectivity index (χ0v) is 11.9. The van der Waals surface area contributed by atoms with Crippen molar-refractivity contribution < 1.29 is 4.74 Å². The minimum Gasteiger partial charge on any atom is -0.369 e. The van der Waals surface area contributed by atoms with Crippen LogP contribution in [0.15, 0.2) is 12.5 Å². The standard InChI is InChI=1S/C11H16IN3O/c1-8-5-15(6-11(2,3)16-8)10-9(12)4-13-7-14-10/h4,7-8H,5-6H2,1-3H3/t8-/m0/s1. The molecule has 0 saturated carbocycles. The molecule has 1 saturated heterocycles. The van der Waals surface area contributed by atoms with E-state index in [0.29, 0.717) is 0 Å². The van der Waals surface area contributed by atoms with Gasteiger partial charge in [-0.25, -0.2) is 9.97 Å². The average molecular weight is 333 g/mol. The third kappa shape index (κ3) is 2.63. The minimum atomic E-state index is -0.119. The number of rotatable bonds is 1. The molecule has 1 aliphatic heterocycles. The molecule has 1 aromatic heterocycles. The fourth-order valence-corrected chi connectivity index (χ4v) is 2.80. The second-order valence-corrected chi connectivity index (χ2v) is 5.93. The topological polar surface area (TPSA) is 38.2 Å². The molecule has 1 fully saturated rings. The highest BCUT2D eigenvalue weighted by molar-refractivity contribution is 14.1. The van der Waals surface area contributed by atoms with Crippen LogP contribution in [0, 0.1) is 3.57 Å². The first-order valence-corrected chi connectivity index (χ1v) is 6.44. The summed E-state index contributed by atoms with van der Waals surface area (Å²) in [7, 11) is 0. The van der Waals surface area contributed by atoms with Gasteiger partial charge in [0, 0.05) is 19.3 Å². The lowest BCUT2D eigenvalue weighted by molar-refractivity contribution is -0.0752. The fraction of sp³-hybridized carbons (Fsp3) is 0.636. The van der Waals surface area contributed by atoms with E-state index in [1.54, 1.807) is 6.33 Å². The molecular formula is C11H16IN3O. The number of nitrogens with zero attached hydrogens (tertiary/aromatic N) is 3. The van der Waals surface area contributed by atoms with Gasteiger partial charge >= 0.3 is 0 Å². The van der Waals surface area contributed by atoms with E-state index in [1.165, 1.54) is 0 Å². The molecule has 0 bridgehead atoms. The van der Waals surface area contributed by atoms with E-state index in [2.05, 4.69) is 58.2 Å². The van der Waals surface area contributed by atoms with Crippen LogP contribution in [0.3, 0.4) is 0 Å². The molecule has 0 unspecified atom stereocenters. The van der Waals surface area contributed by atoms with Crippen molar-refractivity contribution >= 4 is 28.4 Å². The van der Waals surface area contributed by atoms with Crippen molar-refractivity contribution in [1.29, 1.82) is 0 Å². The van der Waals surface area contributed by atoms with Crippen LogP contribution in [-0.2, 0) is 4.74 Å². The molecule has 0 amide bonds.